The second-order valence-electron chi connectivity index (χ2n) is 5.15. The molecule has 0 aliphatic rings. The van der Waals surface area contributed by atoms with Gasteiger partial charge in [0.1, 0.15) is 0 Å². The summed E-state index contributed by atoms with van der Waals surface area (Å²) in [5.41, 5.74) is 0.831. The second kappa shape index (κ2) is 7.67. The number of anilines is 1. The summed E-state index contributed by atoms with van der Waals surface area (Å²) in [4.78, 5) is 19.2. The van der Waals surface area contributed by atoms with Crippen molar-refractivity contribution in [3.05, 3.63) is 11.8 Å². The molecule has 0 spiro atoms. The quantitative estimate of drug-likeness (QED) is 0.712. The second-order valence-corrected chi connectivity index (χ2v) is 5.15. The highest BCUT2D eigenvalue weighted by molar-refractivity contribution is 5.69. The molecule has 0 bridgehead atoms. The summed E-state index contributed by atoms with van der Waals surface area (Å²) >= 11 is 0. The number of aromatic nitrogens is 2. The topological polar surface area (TPSA) is 84.3 Å². The average molecular weight is 281 g/mol. The van der Waals surface area contributed by atoms with Gasteiger partial charge in [-0.05, 0) is 33.6 Å². The van der Waals surface area contributed by atoms with Crippen LogP contribution in [0.1, 0.15) is 39.3 Å². The fourth-order valence-electron chi connectivity index (χ4n) is 1.65. The number of carboxylic acid groups (broad SMARTS) is 1. The third-order valence-electron chi connectivity index (χ3n) is 2.71. The maximum absolute atomic E-state index is 10.7. The van der Waals surface area contributed by atoms with E-state index in [0.717, 1.165) is 12.1 Å². The van der Waals surface area contributed by atoms with E-state index >= 15 is 0 Å². The van der Waals surface area contributed by atoms with Crippen molar-refractivity contribution in [3.63, 3.8) is 0 Å². The molecule has 0 radical (unpaired) electrons. The smallest absolute Gasteiger partial charge is 0.306 e. The Labute approximate surface area is 119 Å². The number of ether oxygens (including phenoxy) is 1. The van der Waals surface area contributed by atoms with E-state index < -0.39 is 5.97 Å². The van der Waals surface area contributed by atoms with Gasteiger partial charge in [-0.3, -0.25) is 4.79 Å². The van der Waals surface area contributed by atoms with Gasteiger partial charge in [-0.25, -0.2) is 4.98 Å². The Morgan fingerprint density at radius 3 is 2.70 bits per heavy atom. The predicted octanol–water partition coefficient (Wildman–Crippen LogP) is 2.49. The molecule has 6 nitrogen and oxygen atoms in total. The van der Waals surface area contributed by atoms with Crippen molar-refractivity contribution < 1.29 is 14.6 Å². The van der Waals surface area contributed by atoms with Crippen LogP contribution < -0.4 is 10.1 Å². The first-order chi connectivity index (χ1) is 9.38. The minimum atomic E-state index is -0.760. The number of carboxylic acids is 1. The molecule has 1 aromatic rings. The number of nitrogens with zero attached hydrogens (tertiary/aromatic N) is 2. The zero-order valence-corrected chi connectivity index (χ0v) is 12.5. The third kappa shape index (κ3) is 5.86. The number of hydrogen-bond donors (Lipinski definition) is 2. The van der Waals surface area contributed by atoms with Gasteiger partial charge in [0.05, 0.1) is 12.0 Å². The molecule has 1 atom stereocenters. The van der Waals surface area contributed by atoms with Gasteiger partial charge in [0.25, 0.3) is 0 Å². The van der Waals surface area contributed by atoms with Gasteiger partial charge >= 0.3 is 5.97 Å². The molecule has 0 aromatic carbocycles. The number of aryl methyl sites for hydroxylation is 1. The average Bonchev–Trinajstić information content (AvgIpc) is 2.32. The van der Waals surface area contributed by atoms with E-state index in [1.54, 1.807) is 13.0 Å². The van der Waals surface area contributed by atoms with Crippen molar-refractivity contribution in [1.82, 2.24) is 9.97 Å². The Hall–Kier alpha value is -1.85. The fraction of sp³-hybridized carbons (Fsp3) is 0.643. The molecular weight excluding hydrogens is 258 g/mol. The summed E-state index contributed by atoms with van der Waals surface area (Å²) < 4.78 is 5.54. The predicted molar refractivity (Wildman–Crippen MR) is 77.1 cm³/mol. The Morgan fingerprint density at radius 1 is 1.40 bits per heavy atom. The summed E-state index contributed by atoms with van der Waals surface area (Å²) in [5.74, 6) is -0.0166. The molecule has 0 saturated heterocycles. The lowest BCUT2D eigenvalue weighted by atomic mass is 10.1. The van der Waals surface area contributed by atoms with Gasteiger partial charge in [0.2, 0.25) is 11.8 Å². The van der Waals surface area contributed by atoms with Crippen molar-refractivity contribution in [2.45, 2.75) is 46.6 Å². The molecular formula is C14H23N3O3. The van der Waals surface area contributed by atoms with Crippen LogP contribution in [0.2, 0.25) is 0 Å². The number of nitrogens with one attached hydrogen (secondary N) is 1. The monoisotopic (exact) mass is 281 g/mol. The normalized spacial score (nSPS) is 12.2. The molecule has 2 N–H and O–H groups in total. The van der Waals surface area contributed by atoms with Gasteiger partial charge in [-0.15, -0.1) is 0 Å². The van der Waals surface area contributed by atoms with Crippen LogP contribution in [-0.4, -0.2) is 33.7 Å². The number of hydrogen-bond acceptors (Lipinski definition) is 5. The largest absolute Gasteiger partial charge is 0.481 e. The number of aliphatic carboxylic acids is 1. The summed E-state index contributed by atoms with van der Waals surface area (Å²) in [6, 6.07) is 1.79. The van der Waals surface area contributed by atoms with Crippen LogP contribution in [0.15, 0.2) is 6.07 Å². The van der Waals surface area contributed by atoms with E-state index in [4.69, 9.17) is 9.84 Å². The highest BCUT2D eigenvalue weighted by Crippen LogP contribution is 2.14. The van der Waals surface area contributed by atoms with Gasteiger partial charge in [0.15, 0.2) is 0 Å². The van der Waals surface area contributed by atoms with Crippen LogP contribution in [0, 0.1) is 12.8 Å². The summed E-state index contributed by atoms with van der Waals surface area (Å²) in [7, 11) is 0. The van der Waals surface area contributed by atoms with E-state index in [1.807, 2.05) is 20.8 Å². The molecule has 112 valence electrons. The maximum Gasteiger partial charge on any atom is 0.306 e. The van der Waals surface area contributed by atoms with Crippen LogP contribution in [0.5, 0.6) is 5.88 Å². The first kappa shape index (κ1) is 16.2. The summed E-state index contributed by atoms with van der Waals surface area (Å²) in [5, 5.41) is 11.9. The van der Waals surface area contributed by atoms with Gasteiger partial charge < -0.3 is 15.2 Å². The Bertz CT molecular complexity index is 449. The maximum atomic E-state index is 10.7. The summed E-state index contributed by atoms with van der Waals surface area (Å²) in [6.45, 7) is 8.12. The Balaban J connectivity index is 2.47. The highest BCUT2D eigenvalue weighted by Gasteiger charge is 2.10. The zero-order chi connectivity index (χ0) is 15.1. The molecule has 0 aliphatic carbocycles. The Kier molecular flexibility index (Phi) is 6.21. The van der Waals surface area contributed by atoms with E-state index in [0.29, 0.717) is 24.8 Å². The van der Waals surface area contributed by atoms with Crippen LogP contribution in [0.4, 0.5) is 5.95 Å². The van der Waals surface area contributed by atoms with Gasteiger partial charge in [-0.1, -0.05) is 6.92 Å². The van der Waals surface area contributed by atoms with Gasteiger partial charge in [0, 0.05) is 18.3 Å². The van der Waals surface area contributed by atoms with Crippen LogP contribution in [0.3, 0.4) is 0 Å². The van der Waals surface area contributed by atoms with Crippen molar-refractivity contribution in [1.29, 1.82) is 0 Å². The molecule has 0 fully saturated rings. The van der Waals surface area contributed by atoms with Crippen molar-refractivity contribution in [3.8, 4) is 5.88 Å². The molecule has 0 aliphatic heterocycles. The van der Waals surface area contributed by atoms with E-state index in [2.05, 4.69) is 15.3 Å². The lowest BCUT2D eigenvalue weighted by Crippen LogP contribution is -2.13. The van der Waals surface area contributed by atoms with Crippen molar-refractivity contribution >= 4 is 11.9 Å². The molecule has 0 saturated carbocycles. The van der Waals surface area contributed by atoms with Crippen LogP contribution >= 0.6 is 0 Å². The standard InChI is InChI=1S/C14H23N3O3/c1-9(2)20-12-8-11(4)16-14(17-12)15-7-5-6-10(3)13(18)19/h8-10H,5-7H2,1-4H3,(H,18,19)(H,15,16,17). The summed E-state index contributed by atoms with van der Waals surface area (Å²) in [6.07, 6.45) is 1.45. The minimum Gasteiger partial charge on any atom is -0.481 e. The van der Waals surface area contributed by atoms with E-state index in [9.17, 15) is 4.79 Å². The minimum absolute atomic E-state index is 0.0635. The molecule has 1 unspecified atom stereocenters. The van der Waals surface area contributed by atoms with Crippen LogP contribution in [0.25, 0.3) is 0 Å². The number of carbonyl (C=O) groups is 1. The molecule has 1 aromatic heterocycles. The Morgan fingerprint density at radius 2 is 2.10 bits per heavy atom. The lowest BCUT2D eigenvalue weighted by molar-refractivity contribution is -0.141. The van der Waals surface area contributed by atoms with Gasteiger partial charge in [-0.2, -0.15) is 4.98 Å². The highest BCUT2D eigenvalue weighted by atomic mass is 16.5. The zero-order valence-electron chi connectivity index (χ0n) is 12.5. The van der Waals surface area contributed by atoms with E-state index in [1.165, 1.54) is 0 Å². The lowest BCUT2D eigenvalue weighted by Gasteiger charge is -2.11. The first-order valence-corrected chi connectivity index (χ1v) is 6.87. The number of rotatable bonds is 8. The fourth-order valence-corrected chi connectivity index (χ4v) is 1.65. The molecule has 6 heteroatoms. The molecule has 1 rings (SSSR count). The first-order valence-electron chi connectivity index (χ1n) is 6.87. The van der Waals surface area contributed by atoms with Crippen molar-refractivity contribution in [2.75, 3.05) is 11.9 Å². The van der Waals surface area contributed by atoms with Crippen LogP contribution in [-0.2, 0) is 4.79 Å². The third-order valence-corrected chi connectivity index (χ3v) is 2.71. The SMILES string of the molecule is Cc1cc(OC(C)C)nc(NCCCC(C)C(=O)O)n1. The van der Waals surface area contributed by atoms with E-state index in [-0.39, 0.29) is 12.0 Å². The molecule has 0 amide bonds. The molecule has 20 heavy (non-hydrogen) atoms. The molecule has 1 heterocycles. The van der Waals surface area contributed by atoms with Crippen molar-refractivity contribution in [2.24, 2.45) is 5.92 Å².